The standard InChI is InChI=1S/C24H28N6O7S/c1-5-13-6-7-15(34-3)18(19(13)35-4)14-10-16(37-22(33)20(14)36-12(2)11-31)21(32)27-23-28-29-24(38-23)30-17(25)8-9-26-30/h6-10,12-13,19,31H,5,11,25H2,1-4H3,(H,27,28,32)/t12-,13?,19?/m1/s1. The van der Waals surface area contributed by atoms with Crippen molar-refractivity contribution < 1.29 is 28.5 Å². The number of nitrogens with one attached hydrogen (secondary N) is 1. The fraction of sp³-hybridized carbons (Fsp3) is 0.375. The van der Waals surface area contributed by atoms with Crippen molar-refractivity contribution in [3.63, 3.8) is 0 Å². The number of hydrogen-bond acceptors (Lipinski definition) is 12. The van der Waals surface area contributed by atoms with E-state index in [0.29, 0.717) is 22.3 Å². The number of methoxy groups -OCH3 is 2. The third kappa shape index (κ3) is 5.32. The summed E-state index contributed by atoms with van der Waals surface area (Å²) >= 11 is 1.03. The number of allylic oxidation sites excluding steroid dienone is 1. The first kappa shape index (κ1) is 27.0. The summed E-state index contributed by atoms with van der Waals surface area (Å²) in [6, 6.07) is 2.98. The molecule has 14 heteroatoms. The van der Waals surface area contributed by atoms with Crippen molar-refractivity contribution in [2.45, 2.75) is 32.5 Å². The van der Waals surface area contributed by atoms with Crippen molar-refractivity contribution in [2.24, 2.45) is 5.92 Å². The van der Waals surface area contributed by atoms with Crippen LogP contribution in [0.3, 0.4) is 0 Å². The Bertz CT molecular complexity index is 1430. The lowest BCUT2D eigenvalue weighted by molar-refractivity contribution is 0.0980. The third-order valence-corrected chi connectivity index (χ3v) is 6.68. The van der Waals surface area contributed by atoms with Crippen LogP contribution < -0.4 is 21.4 Å². The minimum absolute atomic E-state index is 0.0314. The molecular weight excluding hydrogens is 516 g/mol. The number of aliphatic hydroxyl groups excluding tert-OH is 1. The van der Waals surface area contributed by atoms with Crippen LogP contribution >= 0.6 is 11.3 Å². The average molecular weight is 545 g/mol. The molecule has 0 saturated heterocycles. The highest BCUT2D eigenvalue weighted by atomic mass is 32.1. The van der Waals surface area contributed by atoms with Gasteiger partial charge in [0.15, 0.2) is 5.76 Å². The summed E-state index contributed by atoms with van der Waals surface area (Å²) in [5, 5.41) is 24.6. The average Bonchev–Trinajstić information content (AvgIpc) is 3.56. The molecule has 3 heterocycles. The number of amides is 1. The fourth-order valence-corrected chi connectivity index (χ4v) is 4.71. The maximum Gasteiger partial charge on any atom is 0.379 e. The first-order valence-electron chi connectivity index (χ1n) is 11.7. The van der Waals surface area contributed by atoms with Gasteiger partial charge in [-0.1, -0.05) is 24.3 Å². The second-order valence-electron chi connectivity index (χ2n) is 8.33. The Kier molecular flexibility index (Phi) is 8.24. The molecule has 3 atom stereocenters. The van der Waals surface area contributed by atoms with Crippen LogP contribution in [0.25, 0.3) is 10.7 Å². The molecule has 4 N–H and O–H groups in total. The Morgan fingerprint density at radius 1 is 1.37 bits per heavy atom. The number of carbonyl (C=O) groups excluding carboxylic acids is 1. The zero-order chi connectivity index (χ0) is 27.4. The molecule has 1 amide bonds. The van der Waals surface area contributed by atoms with Gasteiger partial charge < -0.3 is 29.5 Å². The van der Waals surface area contributed by atoms with Gasteiger partial charge in [-0.25, -0.2) is 4.79 Å². The molecule has 4 rings (SSSR count). The van der Waals surface area contributed by atoms with E-state index in [9.17, 15) is 14.7 Å². The summed E-state index contributed by atoms with van der Waals surface area (Å²) in [4.78, 5) is 26.3. The summed E-state index contributed by atoms with van der Waals surface area (Å²) < 4.78 is 23.8. The molecule has 3 aromatic heterocycles. The molecule has 0 saturated carbocycles. The van der Waals surface area contributed by atoms with Gasteiger partial charge >= 0.3 is 5.63 Å². The van der Waals surface area contributed by atoms with Crippen molar-refractivity contribution in [3.05, 3.63) is 58.0 Å². The van der Waals surface area contributed by atoms with Crippen molar-refractivity contribution in [1.29, 1.82) is 0 Å². The van der Waals surface area contributed by atoms with Crippen LogP contribution in [0, 0.1) is 5.92 Å². The van der Waals surface area contributed by atoms with Crippen LogP contribution in [0.5, 0.6) is 5.75 Å². The fourth-order valence-electron chi connectivity index (χ4n) is 3.99. The molecule has 0 aliphatic heterocycles. The summed E-state index contributed by atoms with van der Waals surface area (Å²) in [6.07, 6.45) is 4.77. The van der Waals surface area contributed by atoms with Crippen LogP contribution in [-0.2, 0) is 9.47 Å². The van der Waals surface area contributed by atoms with Crippen molar-refractivity contribution >= 4 is 33.8 Å². The molecule has 0 fully saturated rings. The van der Waals surface area contributed by atoms with Gasteiger partial charge in [-0.2, -0.15) is 9.78 Å². The van der Waals surface area contributed by atoms with Gasteiger partial charge in [0.2, 0.25) is 16.0 Å². The lowest BCUT2D eigenvalue weighted by Gasteiger charge is -2.31. The van der Waals surface area contributed by atoms with Gasteiger partial charge in [0.05, 0.1) is 26.0 Å². The summed E-state index contributed by atoms with van der Waals surface area (Å²) in [7, 11) is 3.04. The second kappa shape index (κ2) is 11.6. The Hall–Kier alpha value is -4.01. The molecule has 13 nitrogen and oxygen atoms in total. The minimum Gasteiger partial charge on any atom is -0.496 e. The molecule has 38 heavy (non-hydrogen) atoms. The van der Waals surface area contributed by atoms with Gasteiger partial charge in [0.25, 0.3) is 5.91 Å². The number of hydrogen-bond donors (Lipinski definition) is 3. The highest BCUT2D eigenvalue weighted by molar-refractivity contribution is 7.17. The summed E-state index contributed by atoms with van der Waals surface area (Å²) in [5.41, 5.74) is 5.70. The van der Waals surface area contributed by atoms with E-state index in [2.05, 4.69) is 20.6 Å². The number of nitrogens with zero attached hydrogens (tertiary/aromatic N) is 4. The van der Waals surface area contributed by atoms with Gasteiger partial charge in [-0.05, 0) is 25.5 Å². The number of carbonyl (C=O) groups is 1. The molecule has 0 radical (unpaired) electrons. The predicted octanol–water partition coefficient (Wildman–Crippen LogP) is 2.24. The predicted molar refractivity (Wildman–Crippen MR) is 139 cm³/mol. The molecule has 0 aromatic carbocycles. The van der Waals surface area contributed by atoms with E-state index in [1.807, 2.05) is 13.0 Å². The largest absolute Gasteiger partial charge is 0.496 e. The number of nitrogens with two attached hydrogens (primary N) is 1. The van der Waals surface area contributed by atoms with Gasteiger partial charge in [-0.3, -0.25) is 10.1 Å². The highest BCUT2D eigenvalue weighted by Crippen LogP contribution is 2.39. The number of rotatable bonds is 10. The number of anilines is 2. The van der Waals surface area contributed by atoms with E-state index in [0.717, 1.165) is 17.8 Å². The first-order chi connectivity index (χ1) is 18.3. The Morgan fingerprint density at radius 3 is 2.79 bits per heavy atom. The molecule has 3 aromatic rings. The zero-order valence-corrected chi connectivity index (χ0v) is 22.0. The quantitative estimate of drug-likeness (QED) is 0.341. The normalized spacial score (nSPS) is 17.9. The lowest BCUT2D eigenvalue weighted by Crippen LogP contribution is -2.29. The van der Waals surface area contributed by atoms with Crippen LogP contribution in [0.4, 0.5) is 10.9 Å². The Labute approximate surface area is 221 Å². The lowest BCUT2D eigenvalue weighted by atomic mass is 9.84. The van der Waals surface area contributed by atoms with E-state index < -0.39 is 23.7 Å². The Balaban J connectivity index is 1.77. The molecule has 2 unspecified atom stereocenters. The molecule has 202 valence electrons. The minimum atomic E-state index is -0.907. The van der Waals surface area contributed by atoms with E-state index in [4.69, 9.17) is 24.4 Å². The van der Waals surface area contributed by atoms with Crippen LogP contribution in [0.2, 0.25) is 0 Å². The second-order valence-corrected chi connectivity index (χ2v) is 9.29. The van der Waals surface area contributed by atoms with Gasteiger partial charge in [-0.15, -0.1) is 10.2 Å². The van der Waals surface area contributed by atoms with Crippen molar-refractivity contribution in [2.75, 3.05) is 31.9 Å². The summed E-state index contributed by atoms with van der Waals surface area (Å²) in [6.45, 7) is 3.26. The SMILES string of the molecule is CCC1C=CC(OC)=C(c2cc(C(=O)Nc3nnc(-n4nccc4N)s3)oc(=O)c2O[C@H](C)CO)C1OC. The molecular formula is C24H28N6O7S. The number of aromatic nitrogens is 4. The topological polar surface area (TPSA) is 177 Å². The molecule has 0 spiro atoms. The summed E-state index contributed by atoms with van der Waals surface area (Å²) in [5.74, 6) is -0.462. The van der Waals surface area contributed by atoms with Crippen molar-refractivity contribution in [1.82, 2.24) is 20.0 Å². The van der Waals surface area contributed by atoms with Gasteiger partial charge in [0.1, 0.15) is 17.7 Å². The molecule has 1 aliphatic carbocycles. The van der Waals surface area contributed by atoms with Crippen LogP contribution in [-0.4, -0.2) is 64.0 Å². The van der Waals surface area contributed by atoms with E-state index >= 15 is 0 Å². The maximum absolute atomic E-state index is 13.2. The van der Waals surface area contributed by atoms with Gasteiger partial charge in [0, 0.05) is 30.2 Å². The number of ether oxygens (including phenoxy) is 3. The van der Waals surface area contributed by atoms with E-state index in [1.54, 1.807) is 26.2 Å². The van der Waals surface area contributed by atoms with Crippen molar-refractivity contribution in [3.8, 4) is 10.9 Å². The Morgan fingerprint density at radius 2 is 2.16 bits per heavy atom. The zero-order valence-electron chi connectivity index (χ0n) is 21.2. The molecule has 0 bridgehead atoms. The third-order valence-electron chi connectivity index (χ3n) is 5.87. The number of aliphatic hydroxyl groups is 1. The van der Waals surface area contributed by atoms with E-state index in [1.165, 1.54) is 24.1 Å². The monoisotopic (exact) mass is 544 g/mol. The van der Waals surface area contributed by atoms with Crippen LogP contribution in [0.15, 0.2) is 45.5 Å². The van der Waals surface area contributed by atoms with E-state index in [-0.39, 0.29) is 34.7 Å². The smallest absolute Gasteiger partial charge is 0.379 e. The maximum atomic E-state index is 13.2. The van der Waals surface area contributed by atoms with Crippen LogP contribution in [0.1, 0.15) is 36.4 Å². The number of nitrogen functional groups attached to an aromatic ring is 1. The highest BCUT2D eigenvalue weighted by Gasteiger charge is 2.34. The molecule has 1 aliphatic rings. The first-order valence-corrected chi connectivity index (χ1v) is 12.5.